The minimum absolute atomic E-state index is 0.221. The third kappa shape index (κ3) is 9.19. The molecule has 1 aromatic rings. The zero-order valence-electron chi connectivity index (χ0n) is 14.1. The van der Waals surface area contributed by atoms with Crippen molar-refractivity contribution < 1.29 is 10.2 Å². The molecule has 126 valence electrons. The van der Waals surface area contributed by atoms with E-state index in [1.165, 1.54) is 24.8 Å². The van der Waals surface area contributed by atoms with Crippen molar-refractivity contribution in [3.8, 4) is 0 Å². The molecule has 0 aromatic heterocycles. The zero-order valence-corrected chi connectivity index (χ0v) is 14.1. The molecule has 0 saturated heterocycles. The van der Waals surface area contributed by atoms with E-state index in [9.17, 15) is 5.11 Å². The van der Waals surface area contributed by atoms with E-state index in [0.29, 0.717) is 6.61 Å². The van der Waals surface area contributed by atoms with Crippen molar-refractivity contribution in [1.82, 2.24) is 4.90 Å². The molecule has 2 N–H and O–H groups in total. The molecule has 1 aromatic carbocycles. The Labute approximate surface area is 136 Å². The van der Waals surface area contributed by atoms with Crippen LogP contribution in [-0.4, -0.2) is 40.9 Å². The fourth-order valence-corrected chi connectivity index (χ4v) is 2.74. The molecule has 0 heterocycles. The van der Waals surface area contributed by atoms with Crippen LogP contribution < -0.4 is 0 Å². The van der Waals surface area contributed by atoms with Crippen LogP contribution >= 0.6 is 0 Å². The van der Waals surface area contributed by atoms with Crippen molar-refractivity contribution in [3.63, 3.8) is 0 Å². The molecule has 1 unspecified atom stereocenters. The van der Waals surface area contributed by atoms with Crippen molar-refractivity contribution in [3.05, 3.63) is 35.9 Å². The third-order valence-electron chi connectivity index (χ3n) is 4.11. The van der Waals surface area contributed by atoms with Gasteiger partial charge in [-0.15, -0.1) is 0 Å². The van der Waals surface area contributed by atoms with E-state index in [1.54, 1.807) is 0 Å². The number of hydrogen-bond acceptors (Lipinski definition) is 3. The molecule has 0 aliphatic rings. The van der Waals surface area contributed by atoms with Crippen LogP contribution in [0.1, 0.15) is 57.4 Å². The molecule has 0 spiro atoms. The standard InChI is InChI=1S/C19H33NO2/c1-2-20(16-18-12-8-7-9-13-18)17-19(22)14-10-5-3-4-6-11-15-21/h7-9,12-13,19,21-22H,2-6,10-11,14-17H2,1H3. The van der Waals surface area contributed by atoms with Crippen LogP contribution in [0, 0.1) is 0 Å². The molecule has 0 radical (unpaired) electrons. The molecule has 1 rings (SSSR count). The highest BCUT2D eigenvalue weighted by Gasteiger charge is 2.10. The lowest BCUT2D eigenvalue weighted by atomic mass is 10.1. The Morgan fingerprint density at radius 3 is 2.23 bits per heavy atom. The largest absolute Gasteiger partial charge is 0.396 e. The molecule has 3 heteroatoms. The summed E-state index contributed by atoms with van der Waals surface area (Å²) in [7, 11) is 0. The van der Waals surface area contributed by atoms with E-state index in [4.69, 9.17) is 5.11 Å². The van der Waals surface area contributed by atoms with Crippen LogP contribution in [0.25, 0.3) is 0 Å². The van der Waals surface area contributed by atoms with E-state index >= 15 is 0 Å². The second-order valence-electron chi connectivity index (χ2n) is 6.10. The Morgan fingerprint density at radius 2 is 1.59 bits per heavy atom. The van der Waals surface area contributed by atoms with Gasteiger partial charge < -0.3 is 10.2 Å². The molecular formula is C19H33NO2. The van der Waals surface area contributed by atoms with Crippen LogP contribution in [0.3, 0.4) is 0 Å². The smallest absolute Gasteiger partial charge is 0.0667 e. The summed E-state index contributed by atoms with van der Waals surface area (Å²) < 4.78 is 0. The number of hydrogen-bond donors (Lipinski definition) is 2. The minimum Gasteiger partial charge on any atom is -0.396 e. The van der Waals surface area contributed by atoms with Gasteiger partial charge in [0, 0.05) is 19.7 Å². The molecule has 1 atom stereocenters. The summed E-state index contributed by atoms with van der Waals surface area (Å²) in [6.07, 6.45) is 7.43. The van der Waals surface area contributed by atoms with Crippen LogP contribution in [0.2, 0.25) is 0 Å². The summed E-state index contributed by atoms with van der Waals surface area (Å²) in [6, 6.07) is 10.4. The summed E-state index contributed by atoms with van der Waals surface area (Å²) in [5.41, 5.74) is 1.31. The van der Waals surface area contributed by atoms with Gasteiger partial charge in [0.15, 0.2) is 0 Å². The first kappa shape index (κ1) is 19.1. The predicted molar refractivity (Wildman–Crippen MR) is 92.8 cm³/mol. The van der Waals surface area contributed by atoms with E-state index in [2.05, 4.69) is 36.1 Å². The molecule has 3 nitrogen and oxygen atoms in total. The highest BCUT2D eigenvalue weighted by atomic mass is 16.3. The normalized spacial score (nSPS) is 12.7. The lowest BCUT2D eigenvalue weighted by Crippen LogP contribution is -2.31. The molecule has 0 aliphatic carbocycles. The highest BCUT2D eigenvalue weighted by Crippen LogP contribution is 2.11. The van der Waals surface area contributed by atoms with Gasteiger partial charge in [-0.05, 0) is 24.9 Å². The summed E-state index contributed by atoms with van der Waals surface area (Å²) in [4.78, 5) is 2.31. The van der Waals surface area contributed by atoms with Gasteiger partial charge >= 0.3 is 0 Å². The second kappa shape index (κ2) is 12.6. The molecular weight excluding hydrogens is 274 g/mol. The van der Waals surface area contributed by atoms with Crippen LogP contribution in [0.15, 0.2) is 30.3 Å². The van der Waals surface area contributed by atoms with Gasteiger partial charge in [-0.25, -0.2) is 0 Å². The Bertz CT molecular complexity index is 356. The maximum Gasteiger partial charge on any atom is 0.0667 e. The molecule has 0 fully saturated rings. The van der Waals surface area contributed by atoms with Gasteiger partial charge in [0.05, 0.1) is 6.10 Å². The Hall–Kier alpha value is -0.900. The quantitative estimate of drug-likeness (QED) is 0.547. The van der Waals surface area contributed by atoms with Crippen molar-refractivity contribution in [2.24, 2.45) is 0 Å². The Kier molecular flexibility index (Phi) is 11.0. The SMILES string of the molecule is CCN(Cc1ccccc1)CC(O)CCCCCCCCO. The first-order valence-corrected chi connectivity index (χ1v) is 8.81. The average molecular weight is 307 g/mol. The number of likely N-dealkylation sites (N-methyl/N-ethyl adjacent to an activating group) is 1. The lowest BCUT2D eigenvalue weighted by molar-refractivity contribution is 0.102. The van der Waals surface area contributed by atoms with Gasteiger partial charge in [-0.3, -0.25) is 4.90 Å². The Morgan fingerprint density at radius 1 is 0.955 bits per heavy atom. The van der Waals surface area contributed by atoms with Crippen LogP contribution in [-0.2, 0) is 6.54 Å². The van der Waals surface area contributed by atoms with E-state index in [0.717, 1.165) is 45.3 Å². The number of rotatable bonds is 13. The third-order valence-corrected chi connectivity index (χ3v) is 4.11. The Balaban J connectivity index is 2.12. The highest BCUT2D eigenvalue weighted by molar-refractivity contribution is 5.14. The number of aliphatic hydroxyl groups excluding tert-OH is 2. The maximum atomic E-state index is 10.2. The average Bonchev–Trinajstić information content (AvgIpc) is 2.54. The fourth-order valence-electron chi connectivity index (χ4n) is 2.74. The van der Waals surface area contributed by atoms with Crippen molar-refractivity contribution in [1.29, 1.82) is 0 Å². The van der Waals surface area contributed by atoms with Gasteiger partial charge in [-0.1, -0.05) is 69.4 Å². The van der Waals surface area contributed by atoms with Crippen molar-refractivity contribution in [2.45, 2.75) is 64.5 Å². The van der Waals surface area contributed by atoms with E-state index in [-0.39, 0.29) is 6.10 Å². The molecule has 0 aliphatic heterocycles. The van der Waals surface area contributed by atoms with Crippen molar-refractivity contribution >= 4 is 0 Å². The number of aliphatic hydroxyl groups is 2. The molecule has 22 heavy (non-hydrogen) atoms. The van der Waals surface area contributed by atoms with Gasteiger partial charge in [0.2, 0.25) is 0 Å². The molecule has 0 bridgehead atoms. The number of nitrogens with zero attached hydrogens (tertiary/aromatic N) is 1. The second-order valence-corrected chi connectivity index (χ2v) is 6.10. The van der Waals surface area contributed by atoms with Crippen LogP contribution in [0.4, 0.5) is 0 Å². The van der Waals surface area contributed by atoms with E-state index in [1.807, 2.05) is 6.07 Å². The molecule has 0 saturated carbocycles. The number of benzene rings is 1. The summed E-state index contributed by atoms with van der Waals surface area (Å²) in [6.45, 7) is 5.10. The number of unbranched alkanes of at least 4 members (excludes halogenated alkanes) is 5. The summed E-state index contributed by atoms with van der Waals surface area (Å²) in [5.74, 6) is 0. The lowest BCUT2D eigenvalue weighted by Gasteiger charge is -2.23. The summed E-state index contributed by atoms with van der Waals surface area (Å²) in [5, 5.41) is 18.9. The first-order chi connectivity index (χ1) is 10.8. The first-order valence-electron chi connectivity index (χ1n) is 8.81. The van der Waals surface area contributed by atoms with Gasteiger partial charge in [-0.2, -0.15) is 0 Å². The summed E-state index contributed by atoms with van der Waals surface area (Å²) >= 11 is 0. The minimum atomic E-state index is -0.221. The van der Waals surface area contributed by atoms with Crippen LogP contribution in [0.5, 0.6) is 0 Å². The van der Waals surface area contributed by atoms with Crippen molar-refractivity contribution in [2.75, 3.05) is 19.7 Å². The van der Waals surface area contributed by atoms with Gasteiger partial charge in [0.1, 0.15) is 0 Å². The maximum absolute atomic E-state index is 10.2. The molecule has 0 amide bonds. The predicted octanol–water partition coefficient (Wildman–Crippen LogP) is 3.59. The topological polar surface area (TPSA) is 43.7 Å². The van der Waals surface area contributed by atoms with E-state index < -0.39 is 0 Å². The monoisotopic (exact) mass is 307 g/mol. The fraction of sp³-hybridized carbons (Fsp3) is 0.684. The van der Waals surface area contributed by atoms with Gasteiger partial charge in [0.25, 0.3) is 0 Å². The zero-order chi connectivity index (χ0) is 16.0.